The van der Waals surface area contributed by atoms with Crippen molar-refractivity contribution in [2.24, 2.45) is 0 Å². The molecule has 53 heavy (non-hydrogen) atoms. The number of aliphatic carboxylic acids is 2. The number of carbonyl (C=O) groups is 4. The van der Waals surface area contributed by atoms with Crippen LogP contribution in [0.2, 0.25) is 0 Å². The van der Waals surface area contributed by atoms with Crippen LogP contribution in [0.5, 0.6) is 5.75 Å². The van der Waals surface area contributed by atoms with Crippen LogP contribution in [0, 0.1) is 0 Å². The number of carbonyl (C=O) groups excluding carboxylic acids is 2. The van der Waals surface area contributed by atoms with Crippen molar-refractivity contribution in [1.29, 1.82) is 0 Å². The molecule has 4 aromatic carbocycles. The first-order valence-corrected chi connectivity index (χ1v) is 20.5. The first-order chi connectivity index (χ1) is 24.8. The van der Waals surface area contributed by atoms with E-state index < -0.39 is 63.7 Å². The van der Waals surface area contributed by atoms with Gasteiger partial charge in [0.25, 0.3) is 0 Å². The molecule has 0 atom stereocenters. The fourth-order valence-corrected chi connectivity index (χ4v) is 9.51. The molecule has 0 saturated carbocycles. The van der Waals surface area contributed by atoms with E-state index in [-0.39, 0.29) is 107 Å². The molecule has 286 valence electrons. The second-order valence-corrected chi connectivity index (χ2v) is 17.2. The summed E-state index contributed by atoms with van der Waals surface area (Å²) in [4.78, 5) is 44.6. The fourth-order valence-electron chi connectivity index (χ4n) is 5.55. The monoisotopic (exact) mass is 794 g/mol. The Morgan fingerprint density at radius 1 is 0.623 bits per heavy atom. The fraction of sp³-hybridized carbons (Fsp3) is 0.333. The van der Waals surface area contributed by atoms with Gasteiger partial charge >= 0.3 is 17.9 Å². The lowest BCUT2D eigenvalue weighted by atomic mass is 9.93. The Kier molecular flexibility index (Phi) is 12.8. The van der Waals surface area contributed by atoms with Crippen LogP contribution >= 0.6 is 0 Å². The molecule has 0 heterocycles. The molecule has 20 heteroatoms. The van der Waals surface area contributed by atoms with Gasteiger partial charge in [0.15, 0.2) is 0 Å². The standard InChI is InChI=1S/C33H38N4O13S3/c1-19(2)33(43)34-13-6-16-37-51(44,45)26-17-25(50-20(3)38)21-9-10-23-27(52(46,47)35-14-4-7-29(39)40)18-28(24-12-11-22(26)31(21)32(23)24)53(48,49)36-15-5-8-30(41)42/h9-12,17-18,35-37H,1,4-8,13-16H2,2-3H3,(H,34,43)(H,39,40)(H,41,42). The number of amides is 1. The van der Waals surface area contributed by atoms with Crippen molar-refractivity contribution in [3.05, 3.63) is 48.6 Å². The number of benzene rings is 4. The molecule has 4 aromatic rings. The number of hydrogen-bond acceptors (Lipinski definition) is 11. The van der Waals surface area contributed by atoms with E-state index in [2.05, 4.69) is 26.1 Å². The zero-order valence-corrected chi connectivity index (χ0v) is 31.1. The van der Waals surface area contributed by atoms with E-state index in [9.17, 15) is 44.4 Å². The highest BCUT2D eigenvalue weighted by molar-refractivity contribution is 7.90. The van der Waals surface area contributed by atoms with Crippen molar-refractivity contribution in [1.82, 2.24) is 19.5 Å². The zero-order valence-electron chi connectivity index (χ0n) is 28.6. The van der Waals surface area contributed by atoms with E-state index >= 15 is 0 Å². The van der Waals surface area contributed by atoms with Gasteiger partial charge in [-0.1, -0.05) is 24.8 Å². The van der Waals surface area contributed by atoms with Crippen LogP contribution in [0.3, 0.4) is 0 Å². The van der Waals surface area contributed by atoms with Crippen LogP contribution in [0.1, 0.15) is 46.0 Å². The second-order valence-electron chi connectivity index (χ2n) is 12.0. The van der Waals surface area contributed by atoms with Gasteiger partial charge in [-0.15, -0.1) is 0 Å². The maximum atomic E-state index is 13.8. The topological polar surface area (TPSA) is 269 Å². The Morgan fingerprint density at radius 2 is 1.02 bits per heavy atom. The summed E-state index contributed by atoms with van der Waals surface area (Å²) in [6.45, 7) is 5.51. The van der Waals surface area contributed by atoms with Gasteiger partial charge < -0.3 is 20.3 Å². The van der Waals surface area contributed by atoms with Crippen LogP contribution in [-0.4, -0.2) is 85.5 Å². The minimum absolute atomic E-state index is 0.00715. The quantitative estimate of drug-likeness (QED) is 0.0247. The smallest absolute Gasteiger partial charge is 0.308 e. The molecule has 4 rings (SSSR count). The maximum Gasteiger partial charge on any atom is 0.308 e. The van der Waals surface area contributed by atoms with Gasteiger partial charge in [0, 0.05) is 89.9 Å². The molecule has 0 aliphatic rings. The Hall–Kier alpha value is -4.73. The third-order valence-corrected chi connectivity index (χ3v) is 12.4. The van der Waals surface area contributed by atoms with Gasteiger partial charge in [0.05, 0.1) is 14.7 Å². The van der Waals surface area contributed by atoms with Crippen molar-refractivity contribution in [2.45, 2.75) is 60.6 Å². The summed E-state index contributed by atoms with van der Waals surface area (Å²) in [5.41, 5.74) is 0.270. The van der Waals surface area contributed by atoms with E-state index in [1.807, 2.05) is 0 Å². The van der Waals surface area contributed by atoms with Crippen LogP contribution in [0.15, 0.2) is 63.2 Å². The summed E-state index contributed by atoms with van der Waals surface area (Å²) in [5, 5.41) is 20.7. The van der Waals surface area contributed by atoms with Crippen molar-refractivity contribution in [2.75, 3.05) is 26.2 Å². The summed E-state index contributed by atoms with van der Waals surface area (Å²) < 4.78 is 95.2. The highest BCUT2D eigenvalue weighted by Crippen LogP contribution is 2.45. The lowest BCUT2D eigenvalue weighted by Gasteiger charge is -2.20. The SMILES string of the molecule is C=C(C)C(=O)NCCCNS(=O)(=O)c1cc(OC(C)=O)c2ccc3c(S(=O)(=O)NCCCC(=O)O)cc(S(=O)(=O)NCCCC(=O)O)c4ccc1c2c34. The minimum atomic E-state index is -4.56. The second kappa shape index (κ2) is 16.5. The highest BCUT2D eigenvalue weighted by Gasteiger charge is 2.30. The first kappa shape index (κ1) is 41.0. The van der Waals surface area contributed by atoms with E-state index in [0.29, 0.717) is 0 Å². The number of ether oxygens (including phenoxy) is 1. The third-order valence-electron chi connectivity index (χ3n) is 7.91. The molecular formula is C33H38N4O13S3. The number of carboxylic acid groups (broad SMARTS) is 2. The summed E-state index contributed by atoms with van der Waals surface area (Å²) >= 11 is 0. The molecule has 0 spiro atoms. The number of sulfonamides is 3. The van der Waals surface area contributed by atoms with Gasteiger partial charge in [-0.3, -0.25) is 19.2 Å². The van der Waals surface area contributed by atoms with E-state index in [1.165, 1.54) is 31.2 Å². The number of carboxylic acids is 2. The Morgan fingerprint density at radius 3 is 1.43 bits per heavy atom. The van der Waals surface area contributed by atoms with Gasteiger partial charge in [-0.05, 0) is 38.3 Å². The normalized spacial score (nSPS) is 12.3. The van der Waals surface area contributed by atoms with Crippen molar-refractivity contribution >= 4 is 86.2 Å². The van der Waals surface area contributed by atoms with E-state index in [1.54, 1.807) is 0 Å². The van der Waals surface area contributed by atoms with Crippen molar-refractivity contribution < 1.29 is 59.4 Å². The molecule has 0 aromatic heterocycles. The van der Waals surface area contributed by atoms with Crippen LogP contribution in [0.4, 0.5) is 0 Å². The third kappa shape index (κ3) is 9.64. The predicted octanol–water partition coefficient (Wildman–Crippen LogP) is 2.16. The number of nitrogens with one attached hydrogen (secondary N) is 4. The molecule has 17 nitrogen and oxygen atoms in total. The summed E-state index contributed by atoms with van der Waals surface area (Å²) in [5.74, 6) is -3.75. The Bertz CT molecular complexity index is 2370. The van der Waals surface area contributed by atoms with E-state index in [4.69, 9.17) is 14.9 Å². The molecule has 6 N–H and O–H groups in total. The molecule has 0 radical (unpaired) electrons. The molecule has 0 bridgehead atoms. The lowest BCUT2D eigenvalue weighted by molar-refractivity contribution is -0.138. The minimum Gasteiger partial charge on any atom is -0.481 e. The summed E-state index contributed by atoms with van der Waals surface area (Å²) in [7, 11) is -13.5. The summed E-state index contributed by atoms with van der Waals surface area (Å²) in [6, 6.07) is 7.44. The van der Waals surface area contributed by atoms with Crippen LogP contribution < -0.4 is 24.2 Å². The molecule has 0 aliphatic heterocycles. The first-order valence-electron chi connectivity index (χ1n) is 16.1. The number of rotatable bonds is 20. The lowest BCUT2D eigenvalue weighted by Crippen LogP contribution is -2.30. The number of esters is 1. The van der Waals surface area contributed by atoms with Gasteiger partial charge in [-0.25, -0.2) is 39.4 Å². The Balaban J connectivity index is 1.97. The summed E-state index contributed by atoms with van der Waals surface area (Å²) in [6.07, 6.45) is -0.696. The zero-order chi connectivity index (χ0) is 39.3. The van der Waals surface area contributed by atoms with Crippen molar-refractivity contribution in [3.8, 4) is 5.75 Å². The molecule has 0 saturated heterocycles. The molecular weight excluding hydrogens is 757 g/mol. The number of hydrogen-bond donors (Lipinski definition) is 6. The van der Waals surface area contributed by atoms with Gasteiger partial charge in [-0.2, -0.15) is 0 Å². The average Bonchev–Trinajstić information content (AvgIpc) is 3.06. The maximum absolute atomic E-state index is 13.8. The molecule has 0 unspecified atom stereocenters. The highest BCUT2D eigenvalue weighted by atomic mass is 32.2. The van der Waals surface area contributed by atoms with Crippen molar-refractivity contribution in [3.63, 3.8) is 0 Å². The molecule has 1 amide bonds. The van der Waals surface area contributed by atoms with E-state index in [0.717, 1.165) is 19.1 Å². The van der Waals surface area contributed by atoms with Crippen LogP contribution in [0.25, 0.3) is 32.3 Å². The van der Waals surface area contributed by atoms with Gasteiger partial charge in [0.1, 0.15) is 5.75 Å². The predicted molar refractivity (Wildman–Crippen MR) is 193 cm³/mol. The Labute approximate surface area is 305 Å². The average molecular weight is 795 g/mol. The van der Waals surface area contributed by atoms with Gasteiger partial charge in [0.2, 0.25) is 36.0 Å². The largest absolute Gasteiger partial charge is 0.481 e. The molecule has 0 fully saturated rings. The van der Waals surface area contributed by atoms with Crippen LogP contribution in [-0.2, 0) is 49.2 Å². The molecule has 0 aliphatic carbocycles.